The summed E-state index contributed by atoms with van der Waals surface area (Å²) in [6, 6.07) is 14.3. The first-order valence-electron chi connectivity index (χ1n) is 11.5. The molecule has 5 rings (SSSR count). The summed E-state index contributed by atoms with van der Waals surface area (Å²) in [4.78, 5) is 21.1. The fourth-order valence-electron chi connectivity index (χ4n) is 5.97. The van der Waals surface area contributed by atoms with Crippen LogP contribution in [0.25, 0.3) is 0 Å². The molecule has 1 aromatic carbocycles. The Morgan fingerprint density at radius 1 is 1.03 bits per heavy atom. The van der Waals surface area contributed by atoms with Gasteiger partial charge in [-0.3, -0.25) is 4.79 Å². The summed E-state index contributed by atoms with van der Waals surface area (Å²) in [5.74, 6) is 1.05. The zero-order valence-electron chi connectivity index (χ0n) is 17.8. The van der Waals surface area contributed by atoms with E-state index < -0.39 is 0 Å². The van der Waals surface area contributed by atoms with Crippen LogP contribution < -0.4 is 4.90 Å². The molecule has 4 nitrogen and oxygen atoms in total. The average Bonchev–Trinajstić information content (AvgIpc) is 3.43. The summed E-state index contributed by atoms with van der Waals surface area (Å²) in [5, 5.41) is 0. The van der Waals surface area contributed by atoms with Crippen LogP contribution in [0.1, 0.15) is 61.9 Å². The fourth-order valence-corrected chi connectivity index (χ4v) is 5.97. The lowest BCUT2D eigenvalue weighted by Gasteiger charge is -2.55. The zero-order chi connectivity index (χ0) is 19.7. The van der Waals surface area contributed by atoms with Crippen molar-refractivity contribution in [1.82, 2.24) is 9.88 Å². The van der Waals surface area contributed by atoms with Crippen LogP contribution in [0, 0.1) is 11.3 Å². The molecule has 2 aromatic rings. The van der Waals surface area contributed by atoms with E-state index in [4.69, 9.17) is 0 Å². The number of hydrogen-bond acceptors (Lipinski definition) is 2. The van der Waals surface area contributed by atoms with E-state index in [0.29, 0.717) is 17.2 Å². The molecule has 1 saturated heterocycles. The van der Waals surface area contributed by atoms with Gasteiger partial charge >= 0.3 is 0 Å². The van der Waals surface area contributed by atoms with Crippen molar-refractivity contribution in [3.05, 3.63) is 54.4 Å². The van der Waals surface area contributed by atoms with Gasteiger partial charge in [0, 0.05) is 24.5 Å². The molecule has 1 aromatic heterocycles. The summed E-state index contributed by atoms with van der Waals surface area (Å²) in [6.45, 7) is 3.82. The van der Waals surface area contributed by atoms with Crippen molar-refractivity contribution in [2.75, 3.05) is 24.5 Å². The molecule has 2 aliphatic carbocycles. The second-order valence-electron chi connectivity index (χ2n) is 9.61. The molecule has 0 unspecified atom stereocenters. The van der Waals surface area contributed by atoms with Gasteiger partial charge in [0.15, 0.2) is 0 Å². The number of para-hydroxylation sites is 1. The van der Waals surface area contributed by atoms with E-state index >= 15 is 0 Å². The Morgan fingerprint density at radius 2 is 1.73 bits per heavy atom. The quantitative estimate of drug-likeness (QED) is 0.682. The maximum atomic E-state index is 13.2. The number of benzene rings is 1. The van der Waals surface area contributed by atoms with Crippen LogP contribution in [0.4, 0.5) is 5.69 Å². The van der Waals surface area contributed by atoms with Gasteiger partial charge in [0.25, 0.3) is 5.91 Å². The molecule has 1 N–H and O–H groups in total. The summed E-state index contributed by atoms with van der Waals surface area (Å²) in [7, 11) is 0. The summed E-state index contributed by atoms with van der Waals surface area (Å²) >= 11 is 0. The fraction of sp³-hybridized carbons (Fsp3) is 0.560. The third-order valence-corrected chi connectivity index (χ3v) is 7.69. The molecule has 2 saturated carbocycles. The van der Waals surface area contributed by atoms with Gasteiger partial charge in [-0.25, -0.2) is 0 Å². The Labute approximate surface area is 186 Å². The number of anilines is 1. The third-order valence-electron chi connectivity index (χ3n) is 7.69. The van der Waals surface area contributed by atoms with E-state index in [0.717, 1.165) is 24.4 Å². The molecule has 1 spiro atoms. The highest BCUT2D eigenvalue weighted by Crippen LogP contribution is 2.52. The molecule has 5 heteroatoms. The Morgan fingerprint density at radius 3 is 2.37 bits per heavy atom. The number of aromatic amines is 1. The van der Waals surface area contributed by atoms with Crippen LogP contribution in [0.3, 0.4) is 0 Å². The molecule has 1 amide bonds. The first-order valence-corrected chi connectivity index (χ1v) is 11.5. The number of aromatic nitrogens is 1. The number of piperidine rings is 1. The number of rotatable bonds is 5. The van der Waals surface area contributed by atoms with Crippen molar-refractivity contribution in [1.29, 1.82) is 0 Å². The number of likely N-dealkylation sites (tertiary alicyclic amines) is 1. The highest BCUT2D eigenvalue weighted by atomic mass is 35.5. The number of halogens is 1. The molecule has 30 heavy (non-hydrogen) atoms. The summed E-state index contributed by atoms with van der Waals surface area (Å²) in [5.41, 5.74) is 2.16. The smallest absolute Gasteiger partial charge is 0.274 e. The van der Waals surface area contributed by atoms with Gasteiger partial charge in [-0.05, 0) is 87.2 Å². The average molecular weight is 428 g/mol. The minimum absolute atomic E-state index is 0. The molecule has 2 heterocycles. The maximum Gasteiger partial charge on any atom is 0.274 e. The Hall–Kier alpha value is -1.78. The number of carbonyl (C=O) groups excluding carboxylic acids is 1. The molecule has 0 atom stereocenters. The van der Waals surface area contributed by atoms with Crippen LogP contribution >= 0.6 is 12.4 Å². The van der Waals surface area contributed by atoms with Crippen molar-refractivity contribution < 1.29 is 4.79 Å². The highest BCUT2D eigenvalue weighted by molar-refractivity contribution is 6.05. The SMILES string of the molecule is Cl.O=C(c1ccc[nH]1)N(c1ccccc1)C1CC2(CCN(CC3CCCC3)CC2)C1. The van der Waals surface area contributed by atoms with E-state index in [2.05, 4.69) is 22.0 Å². The van der Waals surface area contributed by atoms with Gasteiger partial charge in [-0.1, -0.05) is 31.0 Å². The molecule has 3 fully saturated rings. The van der Waals surface area contributed by atoms with Crippen LogP contribution in [0.2, 0.25) is 0 Å². The predicted molar refractivity (Wildman–Crippen MR) is 124 cm³/mol. The van der Waals surface area contributed by atoms with Gasteiger partial charge in [0.2, 0.25) is 0 Å². The number of H-pyrrole nitrogens is 1. The minimum Gasteiger partial charge on any atom is -0.357 e. The lowest BCUT2D eigenvalue weighted by atomic mass is 9.60. The molecule has 0 radical (unpaired) electrons. The number of hydrogen-bond donors (Lipinski definition) is 1. The van der Waals surface area contributed by atoms with Gasteiger partial charge in [-0.2, -0.15) is 0 Å². The van der Waals surface area contributed by atoms with Crippen LogP contribution in [-0.4, -0.2) is 41.5 Å². The van der Waals surface area contributed by atoms with Crippen molar-refractivity contribution in [2.45, 2.75) is 57.4 Å². The Balaban J connectivity index is 0.00000218. The monoisotopic (exact) mass is 427 g/mol. The van der Waals surface area contributed by atoms with E-state index in [9.17, 15) is 4.79 Å². The Kier molecular flexibility index (Phi) is 6.54. The second-order valence-corrected chi connectivity index (χ2v) is 9.61. The first kappa shape index (κ1) is 21.5. The van der Waals surface area contributed by atoms with E-state index in [1.165, 1.54) is 58.2 Å². The lowest BCUT2D eigenvalue weighted by Crippen LogP contribution is -2.57. The normalized spacial score (nSPS) is 21.9. The zero-order valence-corrected chi connectivity index (χ0v) is 18.6. The Bertz CT molecular complexity index is 800. The lowest BCUT2D eigenvalue weighted by molar-refractivity contribution is 0.0110. The van der Waals surface area contributed by atoms with Crippen molar-refractivity contribution in [3.8, 4) is 0 Å². The van der Waals surface area contributed by atoms with E-state index in [1.807, 2.05) is 41.4 Å². The van der Waals surface area contributed by atoms with E-state index in [1.54, 1.807) is 0 Å². The van der Waals surface area contributed by atoms with Crippen molar-refractivity contribution in [3.63, 3.8) is 0 Å². The third kappa shape index (κ3) is 4.31. The van der Waals surface area contributed by atoms with Crippen LogP contribution in [0.15, 0.2) is 48.7 Å². The summed E-state index contributed by atoms with van der Waals surface area (Å²) < 4.78 is 0. The number of amides is 1. The van der Waals surface area contributed by atoms with Gasteiger partial charge in [0.1, 0.15) is 5.69 Å². The van der Waals surface area contributed by atoms with Gasteiger partial charge in [0.05, 0.1) is 0 Å². The number of nitrogens with one attached hydrogen (secondary N) is 1. The van der Waals surface area contributed by atoms with Gasteiger partial charge < -0.3 is 14.8 Å². The minimum atomic E-state index is 0. The summed E-state index contributed by atoms with van der Waals surface area (Å²) in [6.07, 6.45) is 12.5. The molecule has 3 aliphatic rings. The highest BCUT2D eigenvalue weighted by Gasteiger charge is 2.49. The van der Waals surface area contributed by atoms with Crippen molar-refractivity contribution in [2.24, 2.45) is 11.3 Å². The molecule has 162 valence electrons. The topological polar surface area (TPSA) is 39.3 Å². The molecule has 0 bridgehead atoms. The standard InChI is InChI=1S/C25H33N3O.ClH/c29-24(23-11-6-14-26-23)28(21-9-2-1-3-10-21)22-17-25(18-22)12-15-27(16-13-25)19-20-7-4-5-8-20;/h1-3,6,9-11,14,20,22,26H,4-5,7-8,12-13,15-19H2;1H. The van der Waals surface area contributed by atoms with E-state index in [-0.39, 0.29) is 18.3 Å². The van der Waals surface area contributed by atoms with Gasteiger partial charge in [-0.15, -0.1) is 12.4 Å². The second kappa shape index (κ2) is 9.15. The molecular formula is C25H34ClN3O. The largest absolute Gasteiger partial charge is 0.357 e. The predicted octanol–water partition coefficient (Wildman–Crippen LogP) is 5.52. The van der Waals surface area contributed by atoms with Crippen LogP contribution in [-0.2, 0) is 0 Å². The molecule has 1 aliphatic heterocycles. The first-order chi connectivity index (χ1) is 14.2. The number of carbonyl (C=O) groups is 1. The van der Waals surface area contributed by atoms with Crippen molar-refractivity contribution >= 4 is 24.0 Å². The molecular weight excluding hydrogens is 394 g/mol. The van der Waals surface area contributed by atoms with Crippen LogP contribution in [0.5, 0.6) is 0 Å². The number of nitrogens with zero attached hydrogens (tertiary/aromatic N) is 2. The maximum absolute atomic E-state index is 13.2.